The summed E-state index contributed by atoms with van der Waals surface area (Å²) < 4.78 is 10.7. The number of hydrogen-bond acceptors (Lipinski definition) is 3. The summed E-state index contributed by atoms with van der Waals surface area (Å²) in [7, 11) is 3.19. The summed E-state index contributed by atoms with van der Waals surface area (Å²) in [5, 5.41) is 0.479. The molecule has 1 atom stereocenters. The van der Waals surface area contributed by atoms with Crippen LogP contribution in [-0.2, 0) is 0 Å². The van der Waals surface area contributed by atoms with Crippen LogP contribution in [0.4, 0.5) is 0 Å². The molecule has 112 valence electrons. The molecular formula is C17H20ClNO2. The molecule has 0 amide bonds. The molecule has 2 aromatic carbocycles. The molecule has 1 unspecified atom stereocenters. The summed E-state index contributed by atoms with van der Waals surface area (Å²) in [5.41, 5.74) is 9.13. The molecule has 2 rings (SSSR count). The van der Waals surface area contributed by atoms with Gasteiger partial charge in [0.25, 0.3) is 0 Å². The standard InChI is InChI=1S/C17H20ClNO2/c1-4-14(19)12-7-5-11(6-8-12)13-9-10-15(20-2)16(18)17(13)21-3/h5-10,14H,4,19H2,1-3H3. The minimum absolute atomic E-state index is 0.0698. The highest BCUT2D eigenvalue weighted by Gasteiger charge is 2.14. The quantitative estimate of drug-likeness (QED) is 0.888. The van der Waals surface area contributed by atoms with E-state index in [1.54, 1.807) is 14.2 Å². The molecule has 0 heterocycles. The average molecular weight is 306 g/mol. The zero-order valence-electron chi connectivity index (χ0n) is 12.5. The van der Waals surface area contributed by atoms with E-state index in [9.17, 15) is 0 Å². The summed E-state index contributed by atoms with van der Waals surface area (Å²) in [6.07, 6.45) is 0.914. The minimum Gasteiger partial charge on any atom is -0.495 e. The fourth-order valence-corrected chi connectivity index (χ4v) is 2.59. The van der Waals surface area contributed by atoms with Crippen molar-refractivity contribution < 1.29 is 9.47 Å². The first-order chi connectivity index (χ1) is 10.1. The Morgan fingerprint density at radius 2 is 1.71 bits per heavy atom. The molecule has 0 aliphatic carbocycles. The van der Waals surface area contributed by atoms with Gasteiger partial charge < -0.3 is 15.2 Å². The van der Waals surface area contributed by atoms with Crippen molar-refractivity contribution in [3.8, 4) is 22.6 Å². The number of hydrogen-bond donors (Lipinski definition) is 1. The van der Waals surface area contributed by atoms with Crippen molar-refractivity contribution in [2.45, 2.75) is 19.4 Å². The van der Waals surface area contributed by atoms with Gasteiger partial charge in [-0.15, -0.1) is 0 Å². The van der Waals surface area contributed by atoms with E-state index in [1.165, 1.54) is 0 Å². The van der Waals surface area contributed by atoms with Gasteiger partial charge in [-0.2, -0.15) is 0 Å². The highest BCUT2D eigenvalue weighted by molar-refractivity contribution is 6.34. The normalized spacial score (nSPS) is 12.0. The fraction of sp³-hybridized carbons (Fsp3) is 0.294. The Balaban J connectivity index is 2.44. The van der Waals surface area contributed by atoms with Crippen molar-refractivity contribution in [1.29, 1.82) is 0 Å². The van der Waals surface area contributed by atoms with Gasteiger partial charge in [0.15, 0.2) is 0 Å². The van der Waals surface area contributed by atoms with Crippen LogP contribution >= 0.6 is 11.6 Å². The third-order valence-corrected chi connectivity index (χ3v) is 3.93. The molecule has 3 nitrogen and oxygen atoms in total. The van der Waals surface area contributed by atoms with Crippen LogP contribution in [0.1, 0.15) is 24.9 Å². The van der Waals surface area contributed by atoms with E-state index in [4.69, 9.17) is 26.8 Å². The maximum atomic E-state index is 6.30. The number of halogens is 1. The zero-order chi connectivity index (χ0) is 15.4. The van der Waals surface area contributed by atoms with Gasteiger partial charge in [0.2, 0.25) is 0 Å². The van der Waals surface area contributed by atoms with E-state index >= 15 is 0 Å². The molecule has 0 spiro atoms. The summed E-state index contributed by atoms with van der Waals surface area (Å²) in [5.74, 6) is 1.21. The molecule has 4 heteroatoms. The Morgan fingerprint density at radius 3 is 2.24 bits per heavy atom. The lowest BCUT2D eigenvalue weighted by molar-refractivity contribution is 0.396. The van der Waals surface area contributed by atoms with Gasteiger partial charge in [-0.3, -0.25) is 0 Å². The van der Waals surface area contributed by atoms with Crippen LogP contribution in [-0.4, -0.2) is 14.2 Å². The van der Waals surface area contributed by atoms with Gasteiger partial charge in [-0.25, -0.2) is 0 Å². The van der Waals surface area contributed by atoms with Crippen molar-refractivity contribution in [2.75, 3.05) is 14.2 Å². The van der Waals surface area contributed by atoms with Crippen LogP contribution in [0.25, 0.3) is 11.1 Å². The molecule has 21 heavy (non-hydrogen) atoms. The Hall–Kier alpha value is -1.71. The average Bonchev–Trinajstić information content (AvgIpc) is 2.54. The molecule has 0 saturated carbocycles. The van der Waals surface area contributed by atoms with Gasteiger partial charge in [0, 0.05) is 11.6 Å². The summed E-state index contributed by atoms with van der Waals surface area (Å²) in [6.45, 7) is 2.07. The van der Waals surface area contributed by atoms with Crippen LogP contribution in [0.3, 0.4) is 0 Å². The lowest BCUT2D eigenvalue weighted by Gasteiger charge is -2.14. The first kappa shape index (κ1) is 15.7. The predicted molar refractivity (Wildman–Crippen MR) is 87.2 cm³/mol. The topological polar surface area (TPSA) is 44.5 Å². The summed E-state index contributed by atoms with van der Waals surface area (Å²) in [4.78, 5) is 0. The van der Waals surface area contributed by atoms with Gasteiger partial charge >= 0.3 is 0 Å². The highest BCUT2D eigenvalue weighted by atomic mass is 35.5. The lowest BCUT2D eigenvalue weighted by atomic mass is 9.99. The Morgan fingerprint density at radius 1 is 1.05 bits per heavy atom. The zero-order valence-corrected chi connectivity index (χ0v) is 13.3. The largest absolute Gasteiger partial charge is 0.495 e. The molecule has 0 aromatic heterocycles. The smallest absolute Gasteiger partial charge is 0.149 e. The number of methoxy groups -OCH3 is 2. The molecule has 0 fully saturated rings. The molecule has 0 bridgehead atoms. The van der Waals surface area contributed by atoms with Crippen LogP contribution in [0.15, 0.2) is 36.4 Å². The third-order valence-electron chi connectivity index (χ3n) is 3.58. The van der Waals surface area contributed by atoms with Gasteiger partial charge in [-0.1, -0.05) is 42.8 Å². The maximum Gasteiger partial charge on any atom is 0.149 e. The minimum atomic E-state index is 0.0698. The van der Waals surface area contributed by atoms with Crippen molar-refractivity contribution in [2.24, 2.45) is 5.73 Å². The Bertz CT molecular complexity index is 611. The van der Waals surface area contributed by atoms with E-state index in [0.717, 1.165) is 23.1 Å². The number of ether oxygens (including phenoxy) is 2. The molecule has 0 radical (unpaired) electrons. The molecule has 2 aromatic rings. The van der Waals surface area contributed by atoms with Crippen molar-refractivity contribution in [3.05, 3.63) is 47.0 Å². The van der Waals surface area contributed by atoms with Gasteiger partial charge in [0.1, 0.15) is 16.5 Å². The molecular weight excluding hydrogens is 286 g/mol. The second-order valence-electron chi connectivity index (χ2n) is 4.80. The van der Waals surface area contributed by atoms with E-state index in [2.05, 4.69) is 6.92 Å². The van der Waals surface area contributed by atoms with E-state index < -0.39 is 0 Å². The number of rotatable bonds is 5. The van der Waals surface area contributed by atoms with E-state index in [0.29, 0.717) is 16.5 Å². The van der Waals surface area contributed by atoms with Crippen molar-refractivity contribution in [3.63, 3.8) is 0 Å². The van der Waals surface area contributed by atoms with Crippen molar-refractivity contribution >= 4 is 11.6 Å². The van der Waals surface area contributed by atoms with E-state index in [-0.39, 0.29) is 6.04 Å². The van der Waals surface area contributed by atoms with Crippen LogP contribution < -0.4 is 15.2 Å². The van der Waals surface area contributed by atoms with Gasteiger partial charge in [-0.05, 0) is 29.7 Å². The van der Waals surface area contributed by atoms with Crippen LogP contribution in [0.5, 0.6) is 11.5 Å². The lowest BCUT2D eigenvalue weighted by Crippen LogP contribution is -2.08. The summed E-state index contributed by atoms with van der Waals surface area (Å²) in [6, 6.07) is 12.0. The Labute approximate surface area is 130 Å². The first-order valence-electron chi connectivity index (χ1n) is 6.88. The predicted octanol–water partition coefficient (Wildman–Crippen LogP) is 4.43. The summed E-state index contributed by atoms with van der Waals surface area (Å²) >= 11 is 6.30. The molecule has 0 aliphatic rings. The first-order valence-corrected chi connectivity index (χ1v) is 7.26. The highest BCUT2D eigenvalue weighted by Crippen LogP contribution is 2.41. The second-order valence-corrected chi connectivity index (χ2v) is 5.18. The van der Waals surface area contributed by atoms with E-state index in [1.807, 2.05) is 36.4 Å². The number of nitrogens with two attached hydrogens (primary N) is 1. The number of benzene rings is 2. The fourth-order valence-electron chi connectivity index (χ4n) is 2.27. The molecule has 2 N–H and O–H groups in total. The maximum absolute atomic E-state index is 6.30. The second kappa shape index (κ2) is 6.83. The monoisotopic (exact) mass is 305 g/mol. The van der Waals surface area contributed by atoms with Gasteiger partial charge in [0.05, 0.1) is 14.2 Å². The van der Waals surface area contributed by atoms with Crippen molar-refractivity contribution in [1.82, 2.24) is 0 Å². The molecule has 0 aliphatic heterocycles. The molecule has 0 saturated heterocycles. The SMILES string of the molecule is CCC(N)c1ccc(-c2ccc(OC)c(Cl)c2OC)cc1. The van der Waals surface area contributed by atoms with Crippen LogP contribution in [0, 0.1) is 0 Å². The Kier molecular flexibility index (Phi) is 5.10. The van der Waals surface area contributed by atoms with Crippen LogP contribution in [0.2, 0.25) is 5.02 Å². The third kappa shape index (κ3) is 3.14.